The van der Waals surface area contributed by atoms with Crippen LogP contribution < -0.4 is 0 Å². The molecule has 3 nitrogen and oxygen atoms in total. The first kappa shape index (κ1) is 13.5. The molecule has 0 aromatic carbocycles. The molecule has 2 aromatic heterocycles. The highest BCUT2D eigenvalue weighted by atomic mass is 32.2. The number of thiophene rings is 1. The summed E-state index contributed by atoms with van der Waals surface area (Å²) in [6, 6.07) is 4.12. The molecular formula is C13H17NO2S2. The van der Waals surface area contributed by atoms with Gasteiger partial charge in [0.2, 0.25) is 0 Å². The van der Waals surface area contributed by atoms with Crippen LogP contribution in [0.15, 0.2) is 22.0 Å². The van der Waals surface area contributed by atoms with Crippen molar-refractivity contribution < 1.29 is 8.73 Å². The van der Waals surface area contributed by atoms with Crippen LogP contribution in [-0.4, -0.2) is 15.1 Å². The van der Waals surface area contributed by atoms with Crippen molar-refractivity contribution in [1.29, 1.82) is 0 Å². The Morgan fingerprint density at radius 1 is 1.50 bits per heavy atom. The molecule has 0 spiro atoms. The summed E-state index contributed by atoms with van der Waals surface area (Å²) in [6.45, 7) is 3.92. The van der Waals surface area contributed by atoms with Crippen LogP contribution in [0.2, 0.25) is 0 Å². The van der Waals surface area contributed by atoms with Crippen molar-refractivity contribution in [2.45, 2.75) is 32.4 Å². The summed E-state index contributed by atoms with van der Waals surface area (Å²) in [5.41, 5.74) is 1.97. The molecule has 0 amide bonds. The van der Waals surface area contributed by atoms with Crippen molar-refractivity contribution in [3.8, 4) is 0 Å². The smallest absolute Gasteiger partial charge is 0.138 e. The van der Waals surface area contributed by atoms with Gasteiger partial charge < -0.3 is 4.52 Å². The Kier molecular flexibility index (Phi) is 4.72. The largest absolute Gasteiger partial charge is 0.361 e. The van der Waals surface area contributed by atoms with Crippen LogP contribution in [0.3, 0.4) is 0 Å². The van der Waals surface area contributed by atoms with Crippen LogP contribution in [0.1, 0.15) is 28.8 Å². The molecule has 0 saturated carbocycles. The average Bonchev–Trinajstić information content (AvgIpc) is 2.98. The molecule has 2 rings (SSSR count). The molecule has 98 valence electrons. The number of nitrogens with zero attached hydrogens (tertiary/aromatic N) is 1. The predicted octanol–water partition coefficient (Wildman–Crippen LogP) is 3.10. The minimum atomic E-state index is -0.850. The van der Waals surface area contributed by atoms with E-state index in [1.807, 2.05) is 19.9 Å². The van der Waals surface area contributed by atoms with Gasteiger partial charge in [0.15, 0.2) is 0 Å². The number of aromatic nitrogens is 1. The molecule has 0 aliphatic carbocycles. The van der Waals surface area contributed by atoms with Crippen molar-refractivity contribution in [3.05, 3.63) is 39.4 Å². The molecule has 2 aromatic rings. The first-order chi connectivity index (χ1) is 8.70. The van der Waals surface area contributed by atoms with Gasteiger partial charge in [-0.15, -0.1) is 11.3 Å². The summed E-state index contributed by atoms with van der Waals surface area (Å²) in [7, 11) is -0.850. The van der Waals surface area contributed by atoms with Gasteiger partial charge in [-0.1, -0.05) is 18.1 Å². The topological polar surface area (TPSA) is 43.1 Å². The Morgan fingerprint density at radius 2 is 2.33 bits per heavy atom. The standard InChI is InChI=1S/C13H17NO2S2/c1-3-13-12(10(2)16-14-13)9-18(15)8-6-11-5-4-7-17-11/h4-5,7H,3,6,8-9H2,1-2H3/t18-/m1/s1. The van der Waals surface area contributed by atoms with E-state index in [2.05, 4.69) is 16.6 Å². The molecule has 0 unspecified atom stereocenters. The molecule has 0 fully saturated rings. The Hall–Kier alpha value is -0.940. The van der Waals surface area contributed by atoms with Crippen LogP contribution in [0.5, 0.6) is 0 Å². The molecule has 0 aliphatic heterocycles. The van der Waals surface area contributed by atoms with Gasteiger partial charge >= 0.3 is 0 Å². The quantitative estimate of drug-likeness (QED) is 0.818. The van der Waals surface area contributed by atoms with Crippen LogP contribution >= 0.6 is 11.3 Å². The van der Waals surface area contributed by atoms with Crippen molar-refractivity contribution in [2.24, 2.45) is 0 Å². The summed E-state index contributed by atoms with van der Waals surface area (Å²) in [6.07, 6.45) is 1.71. The minimum Gasteiger partial charge on any atom is -0.361 e. The Balaban J connectivity index is 1.92. The lowest BCUT2D eigenvalue weighted by Gasteiger charge is -2.01. The van der Waals surface area contributed by atoms with Gasteiger partial charge in [-0.2, -0.15) is 0 Å². The van der Waals surface area contributed by atoms with E-state index in [4.69, 9.17) is 4.52 Å². The van der Waals surface area contributed by atoms with Gasteiger partial charge in [0.25, 0.3) is 0 Å². The number of hydrogen-bond donors (Lipinski definition) is 0. The molecule has 1 atom stereocenters. The van der Waals surface area contributed by atoms with Crippen LogP contribution in [0, 0.1) is 6.92 Å². The summed E-state index contributed by atoms with van der Waals surface area (Å²) in [4.78, 5) is 1.29. The third kappa shape index (κ3) is 3.29. The van der Waals surface area contributed by atoms with E-state index in [1.54, 1.807) is 11.3 Å². The maximum atomic E-state index is 12.1. The molecule has 0 radical (unpaired) electrons. The molecule has 0 saturated heterocycles. The van der Waals surface area contributed by atoms with Crippen molar-refractivity contribution in [3.63, 3.8) is 0 Å². The number of aryl methyl sites for hydroxylation is 3. The number of hydrogen-bond acceptors (Lipinski definition) is 4. The third-order valence-corrected chi connectivity index (χ3v) is 5.07. The highest BCUT2D eigenvalue weighted by Gasteiger charge is 2.14. The second kappa shape index (κ2) is 6.29. The summed E-state index contributed by atoms with van der Waals surface area (Å²) in [5.74, 6) is 2.06. The second-order valence-electron chi connectivity index (χ2n) is 4.14. The Morgan fingerprint density at radius 3 is 3.00 bits per heavy atom. The lowest BCUT2D eigenvalue weighted by Crippen LogP contribution is -2.05. The molecule has 18 heavy (non-hydrogen) atoms. The molecule has 0 N–H and O–H groups in total. The fourth-order valence-electron chi connectivity index (χ4n) is 1.80. The fourth-order valence-corrected chi connectivity index (χ4v) is 3.92. The van der Waals surface area contributed by atoms with E-state index < -0.39 is 10.8 Å². The molecule has 2 heterocycles. The van der Waals surface area contributed by atoms with Crippen molar-refractivity contribution in [1.82, 2.24) is 5.16 Å². The Bertz CT molecular complexity index is 517. The first-order valence-corrected chi connectivity index (χ1v) is 8.38. The maximum Gasteiger partial charge on any atom is 0.138 e. The van der Waals surface area contributed by atoms with E-state index in [0.29, 0.717) is 11.5 Å². The highest BCUT2D eigenvalue weighted by molar-refractivity contribution is 7.84. The number of rotatable bonds is 6. The Labute approximate surface area is 114 Å². The second-order valence-corrected chi connectivity index (χ2v) is 6.74. The van der Waals surface area contributed by atoms with Gasteiger partial charge in [-0.05, 0) is 31.2 Å². The van der Waals surface area contributed by atoms with Crippen molar-refractivity contribution in [2.75, 3.05) is 5.75 Å². The lowest BCUT2D eigenvalue weighted by atomic mass is 10.2. The van der Waals surface area contributed by atoms with E-state index in [-0.39, 0.29) is 0 Å². The molecule has 0 bridgehead atoms. The van der Waals surface area contributed by atoms with E-state index >= 15 is 0 Å². The average molecular weight is 283 g/mol. The van der Waals surface area contributed by atoms with Gasteiger partial charge in [-0.3, -0.25) is 4.21 Å². The normalized spacial score (nSPS) is 12.8. The van der Waals surface area contributed by atoms with Gasteiger partial charge in [-0.25, -0.2) is 0 Å². The predicted molar refractivity (Wildman–Crippen MR) is 75.4 cm³/mol. The summed E-state index contributed by atoms with van der Waals surface area (Å²) in [5, 5.41) is 6.04. The summed E-state index contributed by atoms with van der Waals surface area (Å²) < 4.78 is 17.2. The maximum absolute atomic E-state index is 12.1. The van der Waals surface area contributed by atoms with Crippen LogP contribution in [-0.2, 0) is 29.4 Å². The zero-order valence-corrected chi connectivity index (χ0v) is 12.3. The molecular weight excluding hydrogens is 266 g/mol. The first-order valence-electron chi connectivity index (χ1n) is 6.02. The monoisotopic (exact) mass is 283 g/mol. The zero-order valence-electron chi connectivity index (χ0n) is 10.6. The zero-order chi connectivity index (χ0) is 13.0. The van der Waals surface area contributed by atoms with Gasteiger partial charge in [0.05, 0.1) is 11.4 Å². The van der Waals surface area contributed by atoms with E-state index in [9.17, 15) is 4.21 Å². The van der Waals surface area contributed by atoms with Crippen LogP contribution in [0.25, 0.3) is 0 Å². The fraction of sp³-hybridized carbons (Fsp3) is 0.462. The SMILES string of the molecule is CCc1noc(C)c1C[S@](=O)CCc1cccs1. The van der Waals surface area contributed by atoms with Crippen molar-refractivity contribution >= 4 is 22.1 Å². The third-order valence-electron chi connectivity index (χ3n) is 2.86. The van der Waals surface area contributed by atoms with E-state index in [0.717, 1.165) is 29.9 Å². The minimum absolute atomic E-state index is 0.559. The van der Waals surface area contributed by atoms with Gasteiger partial charge in [0, 0.05) is 27.0 Å². The highest BCUT2D eigenvalue weighted by Crippen LogP contribution is 2.17. The summed E-state index contributed by atoms with van der Waals surface area (Å²) >= 11 is 1.72. The van der Waals surface area contributed by atoms with Gasteiger partial charge in [0.1, 0.15) is 5.76 Å². The lowest BCUT2D eigenvalue weighted by molar-refractivity contribution is 0.390. The molecule has 5 heteroatoms. The van der Waals surface area contributed by atoms with E-state index in [1.165, 1.54) is 4.88 Å². The van der Waals surface area contributed by atoms with Crippen LogP contribution in [0.4, 0.5) is 0 Å². The molecule has 0 aliphatic rings.